The SMILES string of the molecule is Cc1cc(-c2nc3cc(CNC(COCC(C)(C)C)[C@@H](C)O)ccc3n2CCN(C)C)c[nH]c1=O. The van der Waals surface area contributed by atoms with Crippen LogP contribution in [0.1, 0.15) is 38.8 Å². The maximum absolute atomic E-state index is 11.9. The summed E-state index contributed by atoms with van der Waals surface area (Å²) in [5, 5.41) is 13.7. The van der Waals surface area contributed by atoms with E-state index in [4.69, 9.17) is 9.72 Å². The zero-order valence-electron chi connectivity index (χ0n) is 22.2. The third-order valence-corrected chi connectivity index (χ3v) is 5.91. The highest BCUT2D eigenvalue weighted by molar-refractivity contribution is 5.81. The molecule has 3 rings (SSSR count). The molecule has 2 heterocycles. The number of aromatic nitrogens is 3. The second kappa shape index (κ2) is 11.5. The van der Waals surface area contributed by atoms with E-state index in [1.54, 1.807) is 13.1 Å². The number of aromatic amines is 1. The van der Waals surface area contributed by atoms with Gasteiger partial charge in [-0.1, -0.05) is 26.8 Å². The average molecular weight is 484 g/mol. The molecule has 2 aromatic heterocycles. The van der Waals surface area contributed by atoms with Gasteiger partial charge in [-0.25, -0.2) is 4.98 Å². The van der Waals surface area contributed by atoms with Crippen LogP contribution in [0.5, 0.6) is 0 Å². The summed E-state index contributed by atoms with van der Waals surface area (Å²) in [5.74, 6) is 0.837. The Morgan fingerprint density at radius 1 is 1.26 bits per heavy atom. The molecule has 0 saturated heterocycles. The predicted molar refractivity (Wildman–Crippen MR) is 142 cm³/mol. The van der Waals surface area contributed by atoms with Gasteiger partial charge in [0.15, 0.2) is 0 Å². The van der Waals surface area contributed by atoms with E-state index in [-0.39, 0.29) is 17.0 Å². The molecule has 3 N–H and O–H groups in total. The summed E-state index contributed by atoms with van der Waals surface area (Å²) in [6.45, 7) is 13.3. The number of pyridine rings is 1. The molecule has 0 aliphatic rings. The third-order valence-electron chi connectivity index (χ3n) is 5.91. The number of nitrogens with zero attached hydrogens (tertiary/aromatic N) is 3. The van der Waals surface area contributed by atoms with Crippen LogP contribution < -0.4 is 10.9 Å². The quantitative estimate of drug-likeness (QED) is 0.388. The summed E-state index contributed by atoms with van der Waals surface area (Å²) in [7, 11) is 4.10. The smallest absolute Gasteiger partial charge is 0.250 e. The predicted octanol–water partition coefficient (Wildman–Crippen LogP) is 3.16. The summed E-state index contributed by atoms with van der Waals surface area (Å²) in [6, 6.07) is 8.01. The number of likely N-dealkylation sites (N-methyl/N-ethyl adjacent to an activating group) is 1. The Bertz CT molecular complexity index is 1170. The van der Waals surface area contributed by atoms with Crippen molar-refractivity contribution in [2.75, 3.05) is 33.9 Å². The van der Waals surface area contributed by atoms with Crippen molar-refractivity contribution in [3.05, 3.63) is 51.9 Å². The summed E-state index contributed by atoms with van der Waals surface area (Å²) < 4.78 is 8.05. The van der Waals surface area contributed by atoms with Crippen molar-refractivity contribution < 1.29 is 9.84 Å². The number of hydrogen-bond acceptors (Lipinski definition) is 6. The van der Waals surface area contributed by atoms with E-state index in [1.165, 1.54) is 0 Å². The molecular weight excluding hydrogens is 442 g/mol. The van der Waals surface area contributed by atoms with Gasteiger partial charge >= 0.3 is 0 Å². The number of fused-ring (bicyclic) bond motifs is 1. The van der Waals surface area contributed by atoms with Crippen molar-refractivity contribution in [1.82, 2.24) is 24.8 Å². The Labute approximate surface area is 208 Å². The number of aliphatic hydroxyl groups excluding tert-OH is 1. The van der Waals surface area contributed by atoms with Gasteiger partial charge in [0.2, 0.25) is 0 Å². The van der Waals surface area contributed by atoms with Gasteiger partial charge in [0.05, 0.1) is 36.4 Å². The van der Waals surface area contributed by atoms with Crippen molar-refractivity contribution in [1.29, 1.82) is 0 Å². The van der Waals surface area contributed by atoms with E-state index in [0.717, 1.165) is 41.1 Å². The van der Waals surface area contributed by atoms with Crippen LogP contribution in [0.3, 0.4) is 0 Å². The van der Waals surface area contributed by atoms with Crippen molar-refractivity contribution in [3.8, 4) is 11.4 Å². The van der Waals surface area contributed by atoms with E-state index in [1.807, 2.05) is 13.0 Å². The molecular formula is C27H41N5O3. The molecule has 1 unspecified atom stereocenters. The van der Waals surface area contributed by atoms with Crippen LogP contribution in [0.4, 0.5) is 0 Å². The molecule has 8 nitrogen and oxygen atoms in total. The van der Waals surface area contributed by atoms with Crippen molar-refractivity contribution in [3.63, 3.8) is 0 Å². The number of imidazole rings is 1. The lowest BCUT2D eigenvalue weighted by Crippen LogP contribution is -2.42. The molecule has 0 aliphatic heterocycles. The van der Waals surface area contributed by atoms with Gasteiger partial charge in [-0.2, -0.15) is 0 Å². The number of aliphatic hydroxyl groups is 1. The van der Waals surface area contributed by atoms with E-state index in [9.17, 15) is 9.90 Å². The Morgan fingerprint density at radius 3 is 2.63 bits per heavy atom. The number of H-pyrrole nitrogens is 1. The third kappa shape index (κ3) is 7.48. The molecule has 35 heavy (non-hydrogen) atoms. The normalized spacial score (nSPS) is 14.1. The molecule has 0 bridgehead atoms. The molecule has 0 saturated carbocycles. The molecule has 8 heteroatoms. The molecule has 0 amide bonds. The highest BCUT2D eigenvalue weighted by atomic mass is 16.5. The molecule has 1 aromatic carbocycles. The molecule has 0 radical (unpaired) electrons. The maximum atomic E-state index is 11.9. The lowest BCUT2D eigenvalue weighted by molar-refractivity contribution is 0.0242. The van der Waals surface area contributed by atoms with Gasteiger partial charge in [-0.05, 0) is 57.1 Å². The first-order valence-corrected chi connectivity index (χ1v) is 12.3. The second-order valence-corrected chi connectivity index (χ2v) is 10.9. The van der Waals surface area contributed by atoms with Crippen LogP contribution in [0.25, 0.3) is 22.4 Å². The van der Waals surface area contributed by atoms with Crippen molar-refractivity contribution in [2.45, 2.75) is 59.9 Å². The Kier molecular flexibility index (Phi) is 8.88. The Morgan fingerprint density at radius 2 is 2.00 bits per heavy atom. The lowest BCUT2D eigenvalue weighted by atomic mass is 9.99. The minimum atomic E-state index is -0.529. The number of aryl methyl sites for hydroxylation is 1. The fraction of sp³-hybridized carbons (Fsp3) is 0.556. The number of hydrogen-bond donors (Lipinski definition) is 3. The van der Waals surface area contributed by atoms with Gasteiger partial charge < -0.3 is 29.6 Å². The van der Waals surface area contributed by atoms with Gasteiger partial charge in [0.25, 0.3) is 5.56 Å². The second-order valence-electron chi connectivity index (χ2n) is 10.9. The molecule has 0 spiro atoms. The summed E-state index contributed by atoms with van der Waals surface area (Å²) in [4.78, 5) is 21.8. The van der Waals surface area contributed by atoms with Crippen LogP contribution in [0.15, 0.2) is 35.3 Å². The highest BCUT2D eigenvalue weighted by Gasteiger charge is 2.18. The van der Waals surface area contributed by atoms with Gasteiger partial charge in [-0.3, -0.25) is 4.79 Å². The van der Waals surface area contributed by atoms with Crippen molar-refractivity contribution >= 4 is 11.0 Å². The largest absolute Gasteiger partial charge is 0.392 e. The molecule has 2 atom stereocenters. The first kappa shape index (κ1) is 27.1. The van der Waals surface area contributed by atoms with Gasteiger partial charge in [-0.15, -0.1) is 0 Å². The monoisotopic (exact) mass is 483 g/mol. The van der Waals surface area contributed by atoms with Crippen LogP contribution in [-0.2, 0) is 17.8 Å². The number of nitrogens with one attached hydrogen (secondary N) is 2. The molecule has 192 valence electrons. The summed E-state index contributed by atoms with van der Waals surface area (Å²) in [6.07, 6.45) is 1.20. The minimum Gasteiger partial charge on any atom is -0.392 e. The molecule has 3 aromatic rings. The fourth-order valence-corrected chi connectivity index (χ4v) is 3.87. The van der Waals surface area contributed by atoms with E-state index < -0.39 is 6.10 Å². The standard InChI is InChI=1S/C27H41N5O3/c1-18-12-21(15-29-26(18)34)25-30-22-13-20(8-9-24(22)32(25)11-10-31(6)7)14-28-23(19(2)33)16-35-17-27(3,4)5/h8-9,12-13,15,19,23,28,33H,10-11,14,16-17H2,1-7H3,(H,29,34)/t19-,23?/m1/s1. The minimum absolute atomic E-state index is 0.0850. The molecule has 0 fully saturated rings. The number of benzene rings is 1. The first-order valence-electron chi connectivity index (χ1n) is 12.3. The van der Waals surface area contributed by atoms with Gasteiger partial charge in [0, 0.05) is 37.0 Å². The van der Waals surface area contributed by atoms with E-state index >= 15 is 0 Å². The topological polar surface area (TPSA) is 95.4 Å². The lowest BCUT2D eigenvalue weighted by Gasteiger charge is -2.24. The van der Waals surface area contributed by atoms with Crippen molar-refractivity contribution in [2.24, 2.45) is 5.41 Å². The highest BCUT2D eigenvalue weighted by Crippen LogP contribution is 2.25. The zero-order chi connectivity index (χ0) is 25.8. The molecule has 0 aliphatic carbocycles. The van der Waals surface area contributed by atoms with E-state index in [2.05, 4.69) is 72.8 Å². The first-order chi connectivity index (χ1) is 16.4. The summed E-state index contributed by atoms with van der Waals surface area (Å²) in [5.41, 5.74) is 4.59. The number of ether oxygens (including phenoxy) is 1. The average Bonchev–Trinajstić information content (AvgIpc) is 3.13. The fourth-order valence-electron chi connectivity index (χ4n) is 3.87. The number of rotatable bonds is 11. The summed E-state index contributed by atoms with van der Waals surface area (Å²) >= 11 is 0. The Hall–Kier alpha value is -2.52. The van der Waals surface area contributed by atoms with Crippen LogP contribution in [0.2, 0.25) is 0 Å². The maximum Gasteiger partial charge on any atom is 0.250 e. The van der Waals surface area contributed by atoms with Crippen LogP contribution >= 0.6 is 0 Å². The van der Waals surface area contributed by atoms with E-state index in [0.29, 0.717) is 25.3 Å². The zero-order valence-corrected chi connectivity index (χ0v) is 22.2. The van der Waals surface area contributed by atoms with Crippen LogP contribution in [-0.4, -0.2) is 70.5 Å². The van der Waals surface area contributed by atoms with Crippen LogP contribution in [0, 0.1) is 12.3 Å². The van der Waals surface area contributed by atoms with Gasteiger partial charge in [0.1, 0.15) is 5.82 Å². The Balaban J connectivity index is 1.84.